The van der Waals surface area contributed by atoms with Gasteiger partial charge in [-0.2, -0.15) is 18.4 Å². The third-order valence-corrected chi connectivity index (χ3v) is 6.81. The molecule has 1 aromatic heterocycles. The summed E-state index contributed by atoms with van der Waals surface area (Å²) < 4.78 is 81.8. The Morgan fingerprint density at radius 2 is 1.76 bits per heavy atom. The van der Waals surface area contributed by atoms with Crippen molar-refractivity contribution in [1.29, 1.82) is 5.26 Å². The molecule has 0 saturated heterocycles. The molecular formula is C24H20F4N2O2S. The fourth-order valence-corrected chi connectivity index (χ4v) is 4.70. The predicted octanol–water partition coefficient (Wildman–Crippen LogP) is 6.41. The van der Waals surface area contributed by atoms with Crippen LogP contribution in [0.2, 0.25) is 0 Å². The lowest BCUT2D eigenvalue weighted by molar-refractivity contribution is -0.137. The molecule has 0 unspecified atom stereocenters. The van der Waals surface area contributed by atoms with Gasteiger partial charge in [0, 0.05) is 11.4 Å². The van der Waals surface area contributed by atoms with Crippen LogP contribution in [0, 0.1) is 24.1 Å². The zero-order chi connectivity index (χ0) is 24.6. The van der Waals surface area contributed by atoms with Gasteiger partial charge in [-0.05, 0) is 60.9 Å². The number of para-hydroxylation sites is 1. The van der Waals surface area contributed by atoms with Crippen LogP contribution in [0.15, 0.2) is 64.4 Å². The second kappa shape index (κ2) is 8.87. The van der Waals surface area contributed by atoms with Crippen molar-refractivity contribution in [1.82, 2.24) is 4.57 Å². The Morgan fingerprint density at radius 1 is 1.09 bits per heavy atom. The number of rotatable bonds is 5. The van der Waals surface area contributed by atoms with Crippen molar-refractivity contribution >= 4 is 15.9 Å². The van der Waals surface area contributed by atoms with Crippen LogP contribution in [-0.4, -0.2) is 13.0 Å². The summed E-state index contributed by atoms with van der Waals surface area (Å²) in [6, 6.07) is 12.5. The number of nitrogens with zero attached hydrogens (tertiary/aromatic N) is 2. The van der Waals surface area contributed by atoms with Crippen molar-refractivity contribution in [2.45, 2.75) is 37.8 Å². The third-order valence-electron chi connectivity index (χ3n) is 5.15. The number of sulfone groups is 1. The molecule has 0 fully saturated rings. The molecule has 0 spiro atoms. The van der Waals surface area contributed by atoms with Gasteiger partial charge >= 0.3 is 6.18 Å². The van der Waals surface area contributed by atoms with Crippen LogP contribution in [0.3, 0.4) is 0 Å². The highest BCUT2D eigenvalue weighted by molar-refractivity contribution is 7.95. The number of hydrogen-bond acceptors (Lipinski definition) is 3. The molecule has 0 aliphatic heterocycles. The first-order valence-corrected chi connectivity index (χ1v) is 11.4. The topological polar surface area (TPSA) is 62.9 Å². The van der Waals surface area contributed by atoms with Crippen LogP contribution in [0.25, 0.3) is 11.8 Å². The summed E-state index contributed by atoms with van der Waals surface area (Å²) in [6.07, 6.45) is -3.50. The van der Waals surface area contributed by atoms with Crippen LogP contribution in [0.5, 0.6) is 0 Å². The zero-order valence-corrected chi connectivity index (χ0v) is 18.8. The van der Waals surface area contributed by atoms with E-state index in [1.54, 1.807) is 32.9 Å². The molecule has 172 valence electrons. The standard InChI is InChI=1S/C24H20F4N2O2S/c1-15(2)23-12-17(11-20(14-29)33(31,32)19-8-6-7-18(25)13-19)16(3)30(23)22-10-5-4-9-21(22)24(26,27)28/h4-13,15H,1-3H3/b20-11+. The molecular weight excluding hydrogens is 456 g/mol. The Morgan fingerprint density at radius 3 is 2.33 bits per heavy atom. The summed E-state index contributed by atoms with van der Waals surface area (Å²) in [5, 5.41) is 9.55. The average Bonchev–Trinajstić information content (AvgIpc) is 3.07. The molecule has 0 bridgehead atoms. The summed E-state index contributed by atoms with van der Waals surface area (Å²) in [7, 11) is -4.34. The summed E-state index contributed by atoms with van der Waals surface area (Å²) in [4.78, 5) is -1.04. The van der Waals surface area contributed by atoms with Gasteiger partial charge in [-0.15, -0.1) is 0 Å². The zero-order valence-electron chi connectivity index (χ0n) is 18.0. The van der Waals surface area contributed by atoms with E-state index in [0.29, 0.717) is 11.4 Å². The Labute approximate surface area is 189 Å². The molecule has 3 rings (SSSR count). The van der Waals surface area contributed by atoms with Gasteiger partial charge in [0.2, 0.25) is 9.84 Å². The van der Waals surface area contributed by atoms with Crippen molar-refractivity contribution in [2.24, 2.45) is 0 Å². The molecule has 0 radical (unpaired) electrons. The predicted molar refractivity (Wildman–Crippen MR) is 117 cm³/mol. The quantitative estimate of drug-likeness (QED) is 0.316. The first kappa shape index (κ1) is 24.3. The maximum atomic E-state index is 13.7. The molecule has 0 aliphatic carbocycles. The summed E-state index contributed by atoms with van der Waals surface area (Å²) >= 11 is 0. The molecule has 0 amide bonds. The number of halogens is 4. The lowest BCUT2D eigenvalue weighted by Crippen LogP contribution is -2.13. The Bertz CT molecular complexity index is 1380. The average molecular weight is 476 g/mol. The molecule has 33 heavy (non-hydrogen) atoms. The van der Waals surface area contributed by atoms with E-state index in [9.17, 15) is 31.2 Å². The Balaban J connectivity index is 2.25. The van der Waals surface area contributed by atoms with Gasteiger partial charge in [0.25, 0.3) is 0 Å². The molecule has 1 heterocycles. The van der Waals surface area contributed by atoms with Crippen LogP contribution < -0.4 is 0 Å². The highest BCUT2D eigenvalue weighted by Crippen LogP contribution is 2.37. The van der Waals surface area contributed by atoms with Crippen LogP contribution in [-0.2, 0) is 16.0 Å². The largest absolute Gasteiger partial charge is 0.418 e. The number of aromatic nitrogens is 1. The van der Waals surface area contributed by atoms with Crippen molar-refractivity contribution in [3.63, 3.8) is 0 Å². The number of hydrogen-bond donors (Lipinski definition) is 0. The van der Waals surface area contributed by atoms with E-state index in [1.165, 1.54) is 34.9 Å². The SMILES string of the molecule is Cc1c(/C=C(\C#N)S(=O)(=O)c2cccc(F)c2)cc(C(C)C)n1-c1ccccc1C(F)(F)F. The van der Waals surface area contributed by atoms with Gasteiger partial charge in [0.05, 0.1) is 16.1 Å². The highest BCUT2D eigenvalue weighted by atomic mass is 32.2. The lowest BCUT2D eigenvalue weighted by atomic mass is 10.1. The smallest absolute Gasteiger partial charge is 0.317 e. The molecule has 3 aromatic rings. The van der Waals surface area contributed by atoms with Crippen molar-refractivity contribution < 1.29 is 26.0 Å². The van der Waals surface area contributed by atoms with Crippen LogP contribution in [0.1, 0.15) is 42.3 Å². The minimum absolute atomic E-state index is 0.0997. The van der Waals surface area contributed by atoms with Crippen molar-refractivity contribution in [3.05, 3.63) is 87.8 Å². The summed E-state index contributed by atoms with van der Waals surface area (Å²) in [5.41, 5.74) is 0.173. The Hall–Kier alpha value is -3.38. The van der Waals surface area contributed by atoms with E-state index in [1.807, 2.05) is 0 Å². The third kappa shape index (κ3) is 4.71. The first-order chi connectivity index (χ1) is 15.4. The molecule has 9 heteroatoms. The maximum Gasteiger partial charge on any atom is 0.418 e. The highest BCUT2D eigenvalue weighted by Gasteiger charge is 2.34. The molecule has 0 saturated carbocycles. The molecule has 0 N–H and O–H groups in total. The first-order valence-electron chi connectivity index (χ1n) is 9.89. The fraction of sp³-hybridized carbons (Fsp3) is 0.208. The fourth-order valence-electron chi connectivity index (χ4n) is 3.52. The second-order valence-corrected chi connectivity index (χ2v) is 9.61. The molecule has 4 nitrogen and oxygen atoms in total. The number of allylic oxidation sites excluding steroid dienone is 1. The van der Waals surface area contributed by atoms with Gasteiger partial charge in [-0.1, -0.05) is 32.0 Å². The second-order valence-electron chi connectivity index (χ2n) is 7.70. The van der Waals surface area contributed by atoms with E-state index in [4.69, 9.17) is 0 Å². The number of alkyl halides is 3. The van der Waals surface area contributed by atoms with E-state index < -0.39 is 32.3 Å². The van der Waals surface area contributed by atoms with Gasteiger partial charge in [-0.25, -0.2) is 12.8 Å². The van der Waals surface area contributed by atoms with Crippen LogP contribution >= 0.6 is 0 Å². The van der Waals surface area contributed by atoms with Crippen molar-refractivity contribution in [3.8, 4) is 11.8 Å². The van der Waals surface area contributed by atoms with Gasteiger partial charge in [0.15, 0.2) is 0 Å². The maximum absolute atomic E-state index is 13.7. The summed E-state index contributed by atoms with van der Waals surface area (Å²) in [6.45, 7) is 5.14. The van der Waals surface area contributed by atoms with Crippen molar-refractivity contribution in [2.75, 3.05) is 0 Å². The minimum atomic E-state index is -4.60. The van der Waals surface area contributed by atoms with E-state index >= 15 is 0 Å². The van der Waals surface area contributed by atoms with E-state index in [2.05, 4.69) is 0 Å². The number of benzene rings is 2. The minimum Gasteiger partial charge on any atom is -0.317 e. The van der Waals surface area contributed by atoms with Gasteiger partial charge in [0.1, 0.15) is 16.8 Å². The summed E-state index contributed by atoms with van der Waals surface area (Å²) in [5.74, 6) is -0.987. The number of nitriles is 1. The lowest BCUT2D eigenvalue weighted by Gasteiger charge is -2.19. The van der Waals surface area contributed by atoms with Gasteiger partial charge < -0.3 is 4.57 Å². The van der Waals surface area contributed by atoms with Gasteiger partial charge in [-0.3, -0.25) is 0 Å². The molecule has 0 atom stereocenters. The van der Waals surface area contributed by atoms with Crippen LogP contribution in [0.4, 0.5) is 17.6 Å². The normalized spacial score (nSPS) is 12.8. The van der Waals surface area contributed by atoms with E-state index in [0.717, 1.165) is 24.3 Å². The monoisotopic (exact) mass is 476 g/mol. The Kier molecular flexibility index (Phi) is 6.52. The van der Waals surface area contributed by atoms with E-state index in [-0.39, 0.29) is 22.1 Å². The molecule has 0 aliphatic rings. The molecule has 2 aromatic carbocycles.